The fourth-order valence-electron chi connectivity index (χ4n) is 1.65. The minimum absolute atomic E-state index is 0.312. The van der Waals surface area contributed by atoms with Crippen LogP contribution < -0.4 is 5.73 Å². The molecule has 0 aliphatic heterocycles. The molecule has 18 heavy (non-hydrogen) atoms. The van der Waals surface area contributed by atoms with Gasteiger partial charge in [-0.2, -0.15) is 24.9 Å². The number of carbonyl (C=O) groups is 1. The Hall–Kier alpha value is -0.430. The summed E-state index contributed by atoms with van der Waals surface area (Å²) in [6, 6.07) is -0.597. The molecule has 0 aromatic carbocycles. The Morgan fingerprint density at radius 1 is 1.44 bits per heavy atom. The quantitative estimate of drug-likeness (QED) is 0.719. The van der Waals surface area contributed by atoms with E-state index in [1.807, 2.05) is 0 Å². The SMILES string of the molecule is N[C@@H](CSCC1CC1)C[C@H](CC(=O)O)C(F)(F)F. The van der Waals surface area contributed by atoms with Crippen molar-refractivity contribution in [2.45, 2.75) is 37.9 Å². The van der Waals surface area contributed by atoms with Crippen LogP contribution in [0.25, 0.3) is 0 Å². The molecule has 1 rings (SSSR count). The van der Waals surface area contributed by atoms with Gasteiger partial charge >= 0.3 is 12.1 Å². The molecule has 1 aliphatic rings. The highest BCUT2D eigenvalue weighted by Gasteiger charge is 2.41. The number of halogens is 3. The first-order valence-electron chi connectivity index (χ1n) is 5.91. The summed E-state index contributed by atoms with van der Waals surface area (Å²) in [7, 11) is 0. The minimum atomic E-state index is -4.49. The lowest BCUT2D eigenvalue weighted by Crippen LogP contribution is -2.34. The summed E-state index contributed by atoms with van der Waals surface area (Å²) in [5.74, 6) is -1.16. The molecule has 0 heterocycles. The van der Waals surface area contributed by atoms with Crippen LogP contribution in [0.15, 0.2) is 0 Å². The van der Waals surface area contributed by atoms with Crippen molar-refractivity contribution in [3.8, 4) is 0 Å². The molecule has 0 saturated heterocycles. The van der Waals surface area contributed by atoms with Crippen molar-refractivity contribution in [1.82, 2.24) is 0 Å². The molecule has 0 bridgehead atoms. The van der Waals surface area contributed by atoms with Gasteiger partial charge in [0.25, 0.3) is 0 Å². The van der Waals surface area contributed by atoms with E-state index in [2.05, 4.69) is 0 Å². The van der Waals surface area contributed by atoms with Gasteiger partial charge < -0.3 is 10.8 Å². The van der Waals surface area contributed by atoms with E-state index in [1.54, 1.807) is 11.8 Å². The maximum absolute atomic E-state index is 12.6. The number of hydrogen-bond donors (Lipinski definition) is 2. The Morgan fingerprint density at radius 2 is 2.06 bits per heavy atom. The fraction of sp³-hybridized carbons (Fsp3) is 0.909. The van der Waals surface area contributed by atoms with Gasteiger partial charge in [-0.3, -0.25) is 4.79 Å². The topological polar surface area (TPSA) is 63.3 Å². The summed E-state index contributed by atoms with van der Waals surface area (Å²) >= 11 is 1.56. The monoisotopic (exact) mass is 285 g/mol. The lowest BCUT2D eigenvalue weighted by atomic mass is 9.97. The Kier molecular flexibility index (Phi) is 5.78. The first-order chi connectivity index (χ1) is 8.29. The van der Waals surface area contributed by atoms with Crippen LogP contribution in [0.1, 0.15) is 25.7 Å². The van der Waals surface area contributed by atoms with Crippen molar-refractivity contribution in [3.05, 3.63) is 0 Å². The first-order valence-corrected chi connectivity index (χ1v) is 7.06. The molecule has 2 atom stereocenters. The zero-order valence-electron chi connectivity index (χ0n) is 9.95. The molecule has 1 aliphatic carbocycles. The third kappa shape index (κ3) is 6.49. The molecule has 7 heteroatoms. The molecule has 106 valence electrons. The zero-order valence-corrected chi connectivity index (χ0v) is 10.8. The van der Waals surface area contributed by atoms with E-state index < -0.39 is 30.5 Å². The second-order valence-corrected chi connectivity index (χ2v) is 5.89. The zero-order chi connectivity index (χ0) is 13.8. The number of hydrogen-bond acceptors (Lipinski definition) is 3. The van der Waals surface area contributed by atoms with Gasteiger partial charge in [0.2, 0.25) is 0 Å². The highest BCUT2D eigenvalue weighted by Crippen LogP contribution is 2.34. The van der Waals surface area contributed by atoms with Crippen LogP contribution in [0.2, 0.25) is 0 Å². The highest BCUT2D eigenvalue weighted by molar-refractivity contribution is 7.99. The van der Waals surface area contributed by atoms with Crippen LogP contribution in [0, 0.1) is 11.8 Å². The summed E-state index contributed by atoms with van der Waals surface area (Å²) in [4.78, 5) is 10.4. The van der Waals surface area contributed by atoms with E-state index in [4.69, 9.17) is 10.8 Å². The summed E-state index contributed by atoms with van der Waals surface area (Å²) in [5.41, 5.74) is 5.64. The maximum atomic E-state index is 12.6. The molecule has 0 unspecified atom stereocenters. The van der Waals surface area contributed by atoms with Crippen molar-refractivity contribution in [3.63, 3.8) is 0 Å². The number of thioether (sulfide) groups is 1. The number of nitrogens with two attached hydrogens (primary N) is 1. The van der Waals surface area contributed by atoms with Crippen LogP contribution in [0.4, 0.5) is 13.2 Å². The Morgan fingerprint density at radius 3 is 2.50 bits per heavy atom. The summed E-state index contributed by atoms with van der Waals surface area (Å²) in [5, 5.41) is 8.47. The minimum Gasteiger partial charge on any atom is -0.481 e. The molecule has 0 spiro atoms. The number of carboxylic acid groups (broad SMARTS) is 1. The van der Waals surface area contributed by atoms with Crippen molar-refractivity contribution in [2.75, 3.05) is 11.5 Å². The number of aliphatic carboxylic acids is 1. The number of rotatable bonds is 8. The molecule has 0 radical (unpaired) electrons. The average Bonchev–Trinajstić information content (AvgIpc) is 2.98. The van der Waals surface area contributed by atoms with E-state index in [1.165, 1.54) is 12.8 Å². The van der Waals surface area contributed by atoms with Crippen molar-refractivity contribution < 1.29 is 23.1 Å². The predicted molar refractivity (Wildman–Crippen MR) is 64.4 cm³/mol. The summed E-state index contributed by atoms with van der Waals surface area (Å²) in [6.45, 7) is 0. The van der Waals surface area contributed by atoms with Gasteiger partial charge in [0.15, 0.2) is 0 Å². The van der Waals surface area contributed by atoms with Crippen LogP contribution in [0.5, 0.6) is 0 Å². The van der Waals surface area contributed by atoms with Gasteiger partial charge in [0.1, 0.15) is 0 Å². The molecule has 0 aromatic heterocycles. The predicted octanol–water partition coefficient (Wildman–Crippen LogP) is 2.50. The van der Waals surface area contributed by atoms with Crippen molar-refractivity contribution in [2.24, 2.45) is 17.6 Å². The smallest absolute Gasteiger partial charge is 0.392 e. The maximum Gasteiger partial charge on any atom is 0.392 e. The number of carboxylic acids is 1. The molecular weight excluding hydrogens is 267 g/mol. The lowest BCUT2D eigenvalue weighted by Gasteiger charge is -2.21. The fourth-order valence-corrected chi connectivity index (χ4v) is 2.89. The van der Waals surface area contributed by atoms with Crippen molar-refractivity contribution >= 4 is 17.7 Å². The Balaban J connectivity index is 2.30. The van der Waals surface area contributed by atoms with E-state index in [0.717, 1.165) is 5.75 Å². The average molecular weight is 285 g/mol. The second kappa shape index (κ2) is 6.65. The normalized spacial score (nSPS) is 19.6. The lowest BCUT2D eigenvalue weighted by molar-refractivity contribution is -0.185. The summed E-state index contributed by atoms with van der Waals surface area (Å²) in [6.07, 6.45) is -3.30. The van der Waals surface area contributed by atoms with Crippen LogP contribution >= 0.6 is 11.8 Å². The largest absolute Gasteiger partial charge is 0.481 e. The highest BCUT2D eigenvalue weighted by atomic mass is 32.2. The van der Waals surface area contributed by atoms with Crippen LogP contribution in [-0.4, -0.2) is 34.8 Å². The van der Waals surface area contributed by atoms with Gasteiger partial charge in [-0.15, -0.1) is 0 Å². The molecule has 0 amide bonds. The van der Waals surface area contributed by atoms with Crippen LogP contribution in [0.3, 0.4) is 0 Å². The molecule has 0 aromatic rings. The van der Waals surface area contributed by atoms with Gasteiger partial charge in [-0.05, 0) is 30.9 Å². The van der Waals surface area contributed by atoms with E-state index in [-0.39, 0.29) is 6.42 Å². The van der Waals surface area contributed by atoms with E-state index >= 15 is 0 Å². The summed E-state index contributed by atoms with van der Waals surface area (Å²) < 4.78 is 37.7. The standard InChI is InChI=1S/C11H18F3NO2S/c12-11(13,14)8(4-10(16)17)3-9(15)6-18-5-7-1-2-7/h7-9H,1-6,15H2,(H,16,17)/t8-,9-/m1/s1. The van der Waals surface area contributed by atoms with Gasteiger partial charge in [-0.25, -0.2) is 0 Å². The van der Waals surface area contributed by atoms with Crippen LogP contribution in [-0.2, 0) is 4.79 Å². The number of alkyl halides is 3. The van der Waals surface area contributed by atoms with Gasteiger partial charge in [0.05, 0.1) is 12.3 Å². The van der Waals surface area contributed by atoms with Gasteiger partial charge in [0, 0.05) is 11.8 Å². The van der Waals surface area contributed by atoms with Crippen molar-refractivity contribution in [1.29, 1.82) is 0 Å². The molecular formula is C11H18F3NO2S. The molecule has 3 nitrogen and oxygen atoms in total. The molecule has 1 saturated carbocycles. The second-order valence-electron chi connectivity index (χ2n) is 4.81. The van der Waals surface area contributed by atoms with Gasteiger partial charge in [-0.1, -0.05) is 0 Å². The first kappa shape index (κ1) is 15.6. The third-order valence-electron chi connectivity index (χ3n) is 2.85. The third-order valence-corrected chi connectivity index (χ3v) is 4.22. The molecule has 1 fully saturated rings. The molecule has 3 N–H and O–H groups in total. The van der Waals surface area contributed by atoms with E-state index in [0.29, 0.717) is 11.7 Å². The Bertz CT molecular complexity index is 282. The van der Waals surface area contributed by atoms with E-state index in [9.17, 15) is 18.0 Å². The Labute approximate surface area is 108 Å².